The number of hydrogen-bond donors (Lipinski definition) is 2. The van der Waals surface area contributed by atoms with Gasteiger partial charge in [0.1, 0.15) is 20.8 Å². The number of benzene rings is 1. The summed E-state index contributed by atoms with van der Waals surface area (Å²) in [6.07, 6.45) is -5.41. The van der Waals surface area contributed by atoms with Gasteiger partial charge in [-0.1, -0.05) is 34.9 Å². The first-order valence-electron chi connectivity index (χ1n) is 14.2. The van der Waals surface area contributed by atoms with Crippen molar-refractivity contribution in [2.24, 2.45) is 0 Å². The van der Waals surface area contributed by atoms with Crippen LogP contribution in [0.5, 0.6) is 11.9 Å². The van der Waals surface area contributed by atoms with Crippen LogP contribution in [-0.2, 0) is 10.2 Å². The predicted octanol–water partition coefficient (Wildman–Crippen LogP) is 3.57. The number of hydrogen-bond acceptors (Lipinski definition) is 8. The minimum absolute atomic E-state index is 0.0284. The Hall–Kier alpha value is -2.35. The number of nitrogens with zero attached hydrogens (tertiary/aromatic N) is 4. The van der Waals surface area contributed by atoms with Crippen LogP contribution in [0.15, 0.2) is 51.9 Å². The van der Waals surface area contributed by atoms with Gasteiger partial charge in [0.2, 0.25) is 5.88 Å². The normalized spacial score (nSPS) is 18.4. The molecule has 0 aliphatic carbocycles. The van der Waals surface area contributed by atoms with Gasteiger partial charge in [0.05, 0.1) is 15.5 Å². The summed E-state index contributed by atoms with van der Waals surface area (Å²) in [5, 5.41) is 0. The first-order chi connectivity index (χ1) is 19.9. The Morgan fingerprint density at radius 3 is 2.56 bits per heavy atom. The fourth-order valence-electron chi connectivity index (χ4n) is 2.10. The summed E-state index contributed by atoms with van der Waals surface area (Å²) in [5.41, 5.74) is -0.253. The minimum Gasteiger partial charge on any atom is -0.473 e. The van der Waals surface area contributed by atoms with E-state index in [0.717, 1.165) is 0 Å². The van der Waals surface area contributed by atoms with Crippen molar-refractivity contribution in [3.05, 3.63) is 51.9 Å². The highest BCUT2D eigenvalue weighted by Crippen LogP contribution is 2.34. The van der Waals surface area contributed by atoms with Crippen LogP contribution in [0.25, 0.3) is 11.1 Å². The van der Waals surface area contributed by atoms with Gasteiger partial charge in [0, 0.05) is 32.9 Å². The van der Waals surface area contributed by atoms with E-state index in [0.29, 0.717) is 4.47 Å². The molecule has 0 spiro atoms. The van der Waals surface area contributed by atoms with Crippen molar-refractivity contribution in [2.45, 2.75) is 13.2 Å². The third-order valence-corrected chi connectivity index (χ3v) is 5.02. The molecular weight excluding hydrogens is 568 g/mol. The molecule has 0 radical (unpaired) electrons. The van der Waals surface area contributed by atoms with Gasteiger partial charge in [0.25, 0.3) is 10.2 Å². The van der Waals surface area contributed by atoms with Crippen LogP contribution in [-0.4, -0.2) is 48.0 Å². The largest absolute Gasteiger partial charge is 0.473 e. The van der Waals surface area contributed by atoms with Gasteiger partial charge in [-0.25, -0.2) is 19.9 Å². The molecule has 170 valence electrons. The number of ether oxygens (including phenoxy) is 2. The Morgan fingerprint density at radius 1 is 1.09 bits per heavy atom. The smallest absolute Gasteiger partial charge is 0.316 e. The zero-order chi connectivity index (χ0) is 33.5. The maximum absolute atomic E-state index is 12.9. The van der Waals surface area contributed by atoms with Crippen LogP contribution in [0.2, 0.25) is 0 Å². The van der Waals surface area contributed by atoms with E-state index in [1.807, 2.05) is 4.72 Å². The molecule has 10 nitrogen and oxygen atoms in total. The fraction of sp³-hybridized carbons (Fsp3) is 0.263. The molecule has 0 saturated carbocycles. The van der Waals surface area contributed by atoms with E-state index in [1.165, 1.54) is 29.0 Å². The standard InChI is InChI=1S/C19H20Br2N6O4S/c1-2-7-26-32(28,29)27-17-16(13-3-5-14(20)6-4-13)18(25-12-24-17)30-8-9-31-19-22-10-15(21)11-23-19/h3-6,10-12,26H,2,7-9H2,1H3,(H,24,25,27)/i1D3,2D2,7D2,8D2,10D,11D,12D. The second-order valence-electron chi connectivity index (χ2n) is 5.40. The molecule has 2 aromatic heterocycles. The van der Waals surface area contributed by atoms with Gasteiger partial charge >= 0.3 is 6.01 Å². The molecule has 0 unspecified atom stereocenters. The predicted molar refractivity (Wildman–Crippen MR) is 127 cm³/mol. The van der Waals surface area contributed by atoms with Gasteiger partial charge in [-0.3, -0.25) is 4.72 Å². The Morgan fingerprint density at radius 2 is 1.84 bits per heavy atom. The highest BCUT2D eigenvalue weighted by molar-refractivity contribution is 9.10. The lowest BCUT2D eigenvalue weighted by atomic mass is 10.1. The van der Waals surface area contributed by atoms with Gasteiger partial charge < -0.3 is 9.47 Å². The first kappa shape index (κ1) is 12.8. The first-order valence-corrected chi connectivity index (χ1v) is 11.3. The van der Waals surface area contributed by atoms with Crippen molar-refractivity contribution in [1.29, 1.82) is 0 Å². The number of anilines is 1. The Labute approximate surface area is 219 Å². The molecular formula is C19H20Br2N6O4S. The van der Waals surface area contributed by atoms with Crippen molar-refractivity contribution in [1.82, 2.24) is 24.7 Å². The van der Waals surface area contributed by atoms with Crippen molar-refractivity contribution in [3.63, 3.8) is 0 Å². The summed E-state index contributed by atoms with van der Waals surface area (Å²) in [6.45, 7) is -11.0. The maximum Gasteiger partial charge on any atom is 0.316 e. The molecule has 13 heteroatoms. The van der Waals surface area contributed by atoms with Crippen LogP contribution in [0.1, 0.15) is 29.7 Å². The topological polar surface area (TPSA) is 128 Å². The van der Waals surface area contributed by atoms with E-state index in [-0.39, 0.29) is 15.6 Å². The molecule has 2 N–H and O–H groups in total. The molecule has 0 fully saturated rings. The molecule has 0 aliphatic heterocycles. The minimum atomic E-state index is -5.19. The molecule has 1 aromatic carbocycles. The fourth-order valence-corrected chi connectivity index (χ4v) is 3.18. The third-order valence-electron chi connectivity index (χ3n) is 3.30. The lowest BCUT2D eigenvalue weighted by molar-refractivity contribution is 0.202. The van der Waals surface area contributed by atoms with Crippen LogP contribution < -0.4 is 18.9 Å². The average Bonchev–Trinajstić information content (AvgIpc) is 2.84. The summed E-state index contributed by atoms with van der Waals surface area (Å²) in [6, 6.07) is 5.30. The number of nitrogens with one attached hydrogen (secondary N) is 2. The summed E-state index contributed by atoms with van der Waals surface area (Å²) in [5.74, 6) is -1.44. The highest BCUT2D eigenvalue weighted by Gasteiger charge is 2.19. The quantitative estimate of drug-likeness (QED) is 0.342. The molecule has 0 bridgehead atoms. The molecule has 3 aromatic rings. The van der Waals surface area contributed by atoms with Crippen molar-refractivity contribution < 1.29 is 34.3 Å². The average molecular weight is 600 g/mol. The van der Waals surface area contributed by atoms with E-state index in [1.54, 1.807) is 0 Å². The van der Waals surface area contributed by atoms with Gasteiger partial charge in [0.15, 0.2) is 5.82 Å². The van der Waals surface area contributed by atoms with Crippen molar-refractivity contribution in [2.75, 3.05) is 24.4 Å². The summed E-state index contributed by atoms with van der Waals surface area (Å²) in [7, 11) is -5.19. The molecule has 0 amide bonds. The van der Waals surface area contributed by atoms with Crippen molar-refractivity contribution >= 4 is 47.9 Å². The zero-order valence-electron chi connectivity index (χ0n) is 27.6. The van der Waals surface area contributed by atoms with E-state index in [9.17, 15) is 8.42 Å². The Kier molecular flexibility index (Phi) is 4.59. The Balaban J connectivity index is 2.03. The molecule has 3 rings (SSSR count). The molecule has 0 aliphatic rings. The van der Waals surface area contributed by atoms with Crippen LogP contribution in [0.3, 0.4) is 0 Å². The second kappa shape index (κ2) is 11.5. The van der Waals surface area contributed by atoms with Crippen LogP contribution in [0.4, 0.5) is 5.82 Å². The van der Waals surface area contributed by atoms with Gasteiger partial charge in [-0.05, 0) is 40.0 Å². The lowest BCUT2D eigenvalue weighted by Gasteiger charge is -2.15. The lowest BCUT2D eigenvalue weighted by Crippen LogP contribution is -2.31. The van der Waals surface area contributed by atoms with Crippen LogP contribution in [0, 0.1) is 0 Å². The van der Waals surface area contributed by atoms with Crippen molar-refractivity contribution in [3.8, 4) is 23.0 Å². The monoisotopic (exact) mass is 598 g/mol. The molecule has 32 heavy (non-hydrogen) atoms. The van der Waals surface area contributed by atoms with E-state index in [4.69, 9.17) is 25.9 Å². The third kappa shape index (κ3) is 7.08. The maximum atomic E-state index is 12.9. The van der Waals surface area contributed by atoms with E-state index >= 15 is 0 Å². The van der Waals surface area contributed by atoms with Crippen LogP contribution >= 0.6 is 31.9 Å². The van der Waals surface area contributed by atoms with E-state index in [2.05, 4.69) is 51.8 Å². The second-order valence-corrected chi connectivity index (χ2v) is 8.52. The summed E-state index contributed by atoms with van der Waals surface area (Å²) in [4.78, 5) is 14.8. The number of halogens is 2. The van der Waals surface area contributed by atoms with Gasteiger partial charge in [-0.2, -0.15) is 13.1 Å². The number of rotatable bonds is 11. The number of aromatic nitrogens is 4. The SMILES string of the molecule is [2H]c1nc(NS(=O)(=O)NC([2H])([2H])C([2H])([2H])C([2H])([2H])[2H])c(-c2ccc(Br)cc2)c(OC([2H])([2H])COc2nc([2H])c(Br)c([2H])n2)n1. The van der Waals surface area contributed by atoms with E-state index < -0.39 is 79.5 Å². The Bertz CT molecular complexity index is 1630. The molecule has 2 heterocycles. The summed E-state index contributed by atoms with van der Waals surface area (Å²) >= 11 is 6.18. The summed E-state index contributed by atoms with van der Waals surface area (Å²) < 4.78 is 133. The van der Waals surface area contributed by atoms with Gasteiger partial charge in [-0.15, -0.1) is 0 Å². The molecule has 0 saturated heterocycles. The zero-order valence-corrected chi connectivity index (χ0v) is 19.6. The molecule has 0 atom stereocenters. The highest BCUT2D eigenvalue weighted by atomic mass is 79.9.